The molecule has 4 saturated carbocycles. The van der Waals surface area contributed by atoms with Crippen LogP contribution in [0.1, 0.15) is 63.7 Å². The second-order valence-corrected chi connectivity index (χ2v) is 7.66. The molecular formula is C17H26N2O. The number of aryl methyl sites for hydroxylation is 1. The van der Waals surface area contributed by atoms with E-state index in [1.807, 2.05) is 16.9 Å². The summed E-state index contributed by atoms with van der Waals surface area (Å²) in [6.45, 7) is 3.09. The normalized spacial score (nSPS) is 40.2. The Morgan fingerprint density at radius 1 is 1.25 bits per heavy atom. The third-order valence-electron chi connectivity index (χ3n) is 6.13. The highest BCUT2D eigenvalue weighted by Crippen LogP contribution is 2.63. The van der Waals surface area contributed by atoms with E-state index in [0.29, 0.717) is 0 Å². The van der Waals surface area contributed by atoms with Crippen molar-refractivity contribution < 1.29 is 5.11 Å². The maximum Gasteiger partial charge on any atom is 0.101 e. The lowest BCUT2D eigenvalue weighted by molar-refractivity contribution is -0.124. The molecule has 4 aliphatic rings. The topological polar surface area (TPSA) is 38.0 Å². The molecule has 1 aromatic rings. The Kier molecular flexibility index (Phi) is 2.95. The van der Waals surface area contributed by atoms with E-state index in [1.54, 1.807) is 0 Å². The zero-order valence-corrected chi connectivity index (χ0v) is 12.5. The lowest BCUT2D eigenvalue weighted by Crippen LogP contribution is -2.49. The summed E-state index contributed by atoms with van der Waals surface area (Å²) in [5.41, 5.74) is 1.23. The molecule has 3 heteroatoms. The Hall–Kier alpha value is -0.830. The Morgan fingerprint density at radius 2 is 1.85 bits per heavy atom. The average Bonchev–Trinajstić information content (AvgIpc) is 2.85. The molecule has 0 spiro atoms. The van der Waals surface area contributed by atoms with E-state index < -0.39 is 0 Å². The predicted molar refractivity (Wildman–Crippen MR) is 78.1 cm³/mol. The van der Waals surface area contributed by atoms with E-state index in [2.05, 4.69) is 12.0 Å². The minimum absolute atomic E-state index is 0.167. The largest absolute Gasteiger partial charge is 0.386 e. The van der Waals surface area contributed by atoms with Gasteiger partial charge in [-0.3, -0.25) is 4.68 Å². The summed E-state index contributed by atoms with van der Waals surface area (Å²) < 4.78 is 2.03. The molecule has 0 saturated heterocycles. The SMILES string of the molecule is CCCn1nccc1C(O)C12CC3CC(CC(C3)C1)C2. The highest BCUT2D eigenvalue weighted by molar-refractivity contribution is 5.14. The lowest BCUT2D eigenvalue weighted by Gasteiger charge is -2.58. The summed E-state index contributed by atoms with van der Waals surface area (Å²) in [7, 11) is 0. The molecule has 4 aliphatic carbocycles. The van der Waals surface area contributed by atoms with Crippen LogP contribution in [0, 0.1) is 23.2 Å². The molecule has 110 valence electrons. The quantitative estimate of drug-likeness (QED) is 0.912. The van der Waals surface area contributed by atoms with Gasteiger partial charge in [-0.25, -0.2) is 0 Å². The summed E-state index contributed by atoms with van der Waals surface area (Å²) in [6.07, 6.45) is 10.7. The number of aromatic nitrogens is 2. The van der Waals surface area contributed by atoms with Crippen molar-refractivity contribution in [3.63, 3.8) is 0 Å². The molecule has 1 aromatic heterocycles. The van der Waals surface area contributed by atoms with E-state index >= 15 is 0 Å². The van der Waals surface area contributed by atoms with Gasteiger partial charge in [0.2, 0.25) is 0 Å². The first kappa shape index (κ1) is 12.9. The van der Waals surface area contributed by atoms with E-state index in [4.69, 9.17) is 0 Å². The first-order chi connectivity index (χ1) is 9.70. The molecule has 1 atom stereocenters. The van der Waals surface area contributed by atoms with Crippen molar-refractivity contribution in [3.8, 4) is 0 Å². The zero-order chi connectivity index (χ0) is 13.7. The average molecular weight is 274 g/mol. The number of rotatable bonds is 4. The number of nitrogens with zero attached hydrogens (tertiary/aromatic N) is 2. The molecule has 1 heterocycles. The summed E-state index contributed by atoms with van der Waals surface area (Å²) in [4.78, 5) is 0. The second-order valence-electron chi connectivity index (χ2n) is 7.66. The van der Waals surface area contributed by atoms with Crippen molar-refractivity contribution in [2.45, 2.75) is 64.5 Å². The third-order valence-corrected chi connectivity index (χ3v) is 6.13. The van der Waals surface area contributed by atoms with Gasteiger partial charge in [0, 0.05) is 18.2 Å². The van der Waals surface area contributed by atoms with Crippen LogP contribution in [0.5, 0.6) is 0 Å². The van der Waals surface area contributed by atoms with Crippen LogP contribution in [-0.2, 0) is 6.54 Å². The zero-order valence-electron chi connectivity index (χ0n) is 12.5. The molecule has 4 bridgehead atoms. The van der Waals surface area contributed by atoms with Crippen LogP contribution < -0.4 is 0 Å². The van der Waals surface area contributed by atoms with Crippen LogP contribution in [0.3, 0.4) is 0 Å². The van der Waals surface area contributed by atoms with Gasteiger partial charge in [-0.2, -0.15) is 5.10 Å². The van der Waals surface area contributed by atoms with Gasteiger partial charge >= 0.3 is 0 Å². The maximum absolute atomic E-state index is 11.1. The first-order valence-electron chi connectivity index (χ1n) is 8.40. The van der Waals surface area contributed by atoms with E-state index in [9.17, 15) is 5.11 Å². The number of aliphatic hydroxyl groups excluding tert-OH is 1. The fourth-order valence-electron chi connectivity index (χ4n) is 5.80. The summed E-state index contributed by atoms with van der Waals surface area (Å²) in [5, 5.41) is 15.5. The molecule has 4 fully saturated rings. The Balaban J connectivity index is 1.64. The van der Waals surface area contributed by atoms with Crippen molar-refractivity contribution in [1.82, 2.24) is 9.78 Å². The molecule has 5 rings (SSSR count). The van der Waals surface area contributed by atoms with Gasteiger partial charge in [0.25, 0.3) is 0 Å². The van der Waals surface area contributed by atoms with Crippen LogP contribution >= 0.6 is 0 Å². The summed E-state index contributed by atoms with van der Waals surface area (Å²) in [5.74, 6) is 2.66. The Morgan fingerprint density at radius 3 is 2.40 bits per heavy atom. The minimum Gasteiger partial charge on any atom is -0.386 e. The molecule has 0 amide bonds. The number of hydrogen-bond acceptors (Lipinski definition) is 2. The fraction of sp³-hybridized carbons (Fsp3) is 0.824. The van der Waals surface area contributed by atoms with Gasteiger partial charge in [0.15, 0.2) is 0 Å². The molecule has 0 aliphatic heterocycles. The smallest absolute Gasteiger partial charge is 0.101 e. The van der Waals surface area contributed by atoms with E-state index in [-0.39, 0.29) is 11.5 Å². The number of aliphatic hydroxyl groups is 1. The highest BCUT2D eigenvalue weighted by atomic mass is 16.3. The Labute approximate surface area is 121 Å². The molecule has 0 radical (unpaired) electrons. The Bertz CT molecular complexity index is 458. The van der Waals surface area contributed by atoms with Crippen LogP contribution in [0.2, 0.25) is 0 Å². The van der Waals surface area contributed by atoms with Gasteiger partial charge in [-0.05, 0) is 68.8 Å². The fourth-order valence-corrected chi connectivity index (χ4v) is 5.80. The van der Waals surface area contributed by atoms with Crippen molar-refractivity contribution >= 4 is 0 Å². The van der Waals surface area contributed by atoms with Gasteiger partial charge < -0.3 is 5.11 Å². The van der Waals surface area contributed by atoms with Crippen molar-refractivity contribution in [2.75, 3.05) is 0 Å². The monoisotopic (exact) mass is 274 g/mol. The summed E-state index contributed by atoms with van der Waals surface area (Å²) >= 11 is 0. The molecule has 3 nitrogen and oxygen atoms in total. The first-order valence-corrected chi connectivity index (χ1v) is 8.40. The van der Waals surface area contributed by atoms with Crippen molar-refractivity contribution in [3.05, 3.63) is 18.0 Å². The van der Waals surface area contributed by atoms with Crippen LogP contribution in [0.25, 0.3) is 0 Å². The van der Waals surface area contributed by atoms with Crippen molar-refractivity contribution in [2.24, 2.45) is 23.2 Å². The number of hydrogen-bond donors (Lipinski definition) is 1. The van der Waals surface area contributed by atoms with Gasteiger partial charge in [-0.1, -0.05) is 6.92 Å². The summed E-state index contributed by atoms with van der Waals surface area (Å²) in [6, 6.07) is 2.04. The van der Waals surface area contributed by atoms with Crippen LogP contribution in [0.15, 0.2) is 12.3 Å². The van der Waals surface area contributed by atoms with Gasteiger partial charge in [0.1, 0.15) is 6.10 Å². The molecule has 0 aromatic carbocycles. The standard InChI is InChI=1S/C17H26N2O/c1-2-5-19-15(3-4-18-19)16(20)17-9-12-6-13(10-17)8-14(7-12)11-17/h3-4,12-14,16,20H,2,5-11H2,1H3. The van der Waals surface area contributed by atoms with E-state index in [0.717, 1.165) is 36.4 Å². The predicted octanol–water partition coefficient (Wildman–Crippen LogP) is 3.54. The van der Waals surface area contributed by atoms with Crippen molar-refractivity contribution in [1.29, 1.82) is 0 Å². The molecular weight excluding hydrogens is 248 g/mol. The third kappa shape index (κ3) is 1.86. The molecule has 1 unspecified atom stereocenters. The highest BCUT2D eigenvalue weighted by Gasteiger charge is 2.54. The van der Waals surface area contributed by atoms with Crippen LogP contribution in [0.4, 0.5) is 0 Å². The van der Waals surface area contributed by atoms with E-state index in [1.165, 1.54) is 38.5 Å². The second kappa shape index (κ2) is 4.59. The lowest BCUT2D eigenvalue weighted by atomic mass is 9.48. The van der Waals surface area contributed by atoms with Gasteiger partial charge in [-0.15, -0.1) is 0 Å². The molecule has 20 heavy (non-hydrogen) atoms. The van der Waals surface area contributed by atoms with Gasteiger partial charge in [0.05, 0.1) is 5.69 Å². The minimum atomic E-state index is -0.301. The van der Waals surface area contributed by atoms with Crippen LogP contribution in [-0.4, -0.2) is 14.9 Å². The molecule has 1 N–H and O–H groups in total. The maximum atomic E-state index is 11.1.